The lowest BCUT2D eigenvalue weighted by atomic mass is 9.36. The molecule has 0 radical (unpaired) electrons. The van der Waals surface area contributed by atoms with Crippen LogP contribution < -0.4 is 0 Å². The van der Waals surface area contributed by atoms with Crippen molar-refractivity contribution in [3.8, 4) is 50.6 Å². The number of hydrogen-bond acceptors (Lipinski definition) is 3. The van der Waals surface area contributed by atoms with Gasteiger partial charge in [0.05, 0.1) is 0 Å². The first-order valence-electron chi connectivity index (χ1n) is 17.5. The predicted molar refractivity (Wildman–Crippen MR) is 197 cm³/mol. The Bertz CT molecular complexity index is 1910. The van der Waals surface area contributed by atoms with Gasteiger partial charge in [0, 0.05) is 16.7 Å². The maximum absolute atomic E-state index is 11.1. The van der Waals surface area contributed by atoms with Crippen LogP contribution in [0, 0.1) is 5.92 Å². The summed E-state index contributed by atoms with van der Waals surface area (Å²) < 4.78 is 0. The lowest BCUT2D eigenvalue weighted by Gasteiger charge is -2.67. The number of phenolic OH excluding ortho intramolecular Hbond substituents is 3. The summed E-state index contributed by atoms with van der Waals surface area (Å²) >= 11 is 0. The Morgan fingerprint density at radius 1 is 0.367 bits per heavy atom. The van der Waals surface area contributed by atoms with Crippen molar-refractivity contribution in [2.45, 2.75) is 54.8 Å². The van der Waals surface area contributed by atoms with Gasteiger partial charge >= 0.3 is 0 Å². The number of benzene rings is 6. The number of aromatic hydroxyl groups is 3. The molecule has 49 heavy (non-hydrogen) atoms. The average Bonchev–Trinajstić information content (AvgIpc) is 3.12. The standard InChI is InChI=1S/C46H40O3/c47-41-19-16-35(22-38(41)32-10-4-1-5-11-32)44-25-31-26-45(28-44,36-17-20-42(48)39(23-36)33-12-6-2-7-13-33)30-46(27-31,29-44)37-18-21-43(49)40(24-37)34-14-8-3-9-15-34/h1-24,31,47-49H,25-30H2. The smallest absolute Gasteiger partial charge is 0.123 e. The largest absolute Gasteiger partial charge is 0.507 e. The monoisotopic (exact) mass is 640 g/mol. The summed E-state index contributed by atoms with van der Waals surface area (Å²) in [7, 11) is 0. The fourth-order valence-corrected chi connectivity index (χ4v) is 10.5. The topological polar surface area (TPSA) is 60.7 Å². The van der Waals surface area contributed by atoms with Crippen molar-refractivity contribution in [3.63, 3.8) is 0 Å². The van der Waals surface area contributed by atoms with Gasteiger partial charge in [-0.1, -0.05) is 109 Å². The Labute approximate surface area is 288 Å². The molecule has 3 heteroatoms. The Hall–Kier alpha value is -5.28. The molecule has 4 aliphatic rings. The molecule has 10 rings (SSSR count). The molecule has 3 N–H and O–H groups in total. The van der Waals surface area contributed by atoms with Crippen LogP contribution in [-0.4, -0.2) is 15.3 Å². The molecule has 242 valence electrons. The molecule has 6 aromatic rings. The summed E-state index contributed by atoms with van der Waals surface area (Å²) in [5, 5.41) is 33.3. The summed E-state index contributed by atoms with van der Waals surface area (Å²) in [6, 6.07) is 49.7. The molecular weight excluding hydrogens is 601 g/mol. The van der Waals surface area contributed by atoms with Crippen LogP contribution in [0.1, 0.15) is 55.2 Å². The number of rotatable bonds is 6. The number of phenols is 3. The molecule has 0 aliphatic heterocycles. The van der Waals surface area contributed by atoms with E-state index in [0.29, 0.717) is 23.2 Å². The summed E-state index contributed by atoms with van der Waals surface area (Å²) in [4.78, 5) is 0. The SMILES string of the molecule is Oc1ccc(C23CC4CC(c5ccc(O)c(-c6ccccc6)c5)(C2)CC(c2ccc(O)c(-c5ccccc5)c2)(C4)C3)cc1-c1ccccc1. The second kappa shape index (κ2) is 11.1. The van der Waals surface area contributed by atoms with Gasteiger partial charge in [-0.2, -0.15) is 0 Å². The lowest BCUT2D eigenvalue weighted by Crippen LogP contribution is -2.62. The summed E-state index contributed by atoms with van der Waals surface area (Å²) in [6.45, 7) is 0. The first-order valence-corrected chi connectivity index (χ1v) is 17.5. The van der Waals surface area contributed by atoms with Crippen LogP contribution in [0.15, 0.2) is 146 Å². The van der Waals surface area contributed by atoms with Crippen LogP contribution in [0.4, 0.5) is 0 Å². The average molecular weight is 641 g/mol. The van der Waals surface area contributed by atoms with Crippen LogP contribution in [-0.2, 0) is 16.2 Å². The van der Waals surface area contributed by atoms with E-state index in [2.05, 4.69) is 72.8 Å². The van der Waals surface area contributed by atoms with E-state index >= 15 is 0 Å². The molecule has 6 aromatic carbocycles. The molecule has 0 saturated heterocycles. The quantitative estimate of drug-likeness (QED) is 0.170. The van der Waals surface area contributed by atoms with Crippen LogP contribution >= 0.6 is 0 Å². The minimum absolute atomic E-state index is 0.105. The van der Waals surface area contributed by atoms with Crippen molar-refractivity contribution >= 4 is 0 Å². The Morgan fingerprint density at radius 3 is 0.939 bits per heavy atom. The molecule has 0 aromatic heterocycles. The first kappa shape index (κ1) is 29.8. The molecule has 4 fully saturated rings. The van der Waals surface area contributed by atoms with E-state index < -0.39 is 0 Å². The van der Waals surface area contributed by atoms with Gasteiger partial charge in [0.1, 0.15) is 17.2 Å². The minimum Gasteiger partial charge on any atom is -0.507 e. The van der Waals surface area contributed by atoms with Crippen molar-refractivity contribution in [3.05, 3.63) is 162 Å². The Morgan fingerprint density at radius 2 is 0.653 bits per heavy atom. The van der Waals surface area contributed by atoms with E-state index in [1.807, 2.05) is 72.8 Å². The molecule has 0 atom stereocenters. The molecule has 3 nitrogen and oxygen atoms in total. The summed E-state index contributed by atoms with van der Waals surface area (Å²) in [6.07, 6.45) is 6.38. The van der Waals surface area contributed by atoms with E-state index in [4.69, 9.17) is 0 Å². The number of hydrogen-bond donors (Lipinski definition) is 3. The third kappa shape index (κ3) is 4.86. The van der Waals surface area contributed by atoms with Crippen molar-refractivity contribution in [1.82, 2.24) is 0 Å². The van der Waals surface area contributed by atoms with Crippen molar-refractivity contribution in [2.24, 2.45) is 5.92 Å². The first-order chi connectivity index (χ1) is 23.9. The van der Waals surface area contributed by atoms with Gasteiger partial charge in [-0.3, -0.25) is 0 Å². The van der Waals surface area contributed by atoms with E-state index in [-0.39, 0.29) is 16.2 Å². The molecule has 4 saturated carbocycles. The second-order valence-electron chi connectivity index (χ2n) is 15.1. The van der Waals surface area contributed by atoms with E-state index in [9.17, 15) is 15.3 Å². The molecule has 0 amide bonds. The molecular formula is C46H40O3. The third-order valence-corrected chi connectivity index (χ3v) is 12.1. The van der Waals surface area contributed by atoms with E-state index in [1.54, 1.807) is 0 Å². The lowest BCUT2D eigenvalue weighted by molar-refractivity contribution is -0.0493. The minimum atomic E-state index is -0.105. The van der Waals surface area contributed by atoms with Gasteiger partial charge in [0.25, 0.3) is 0 Å². The Balaban J connectivity index is 1.24. The normalized spacial score (nSPS) is 25.3. The van der Waals surface area contributed by atoms with Crippen molar-refractivity contribution in [2.75, 3.05) is 0 Å². The van der Waals surface area contributed by atoms with Gasteiger partial charge < -0.3 is 15.3 Å². The van der Waals surface area contributed by atoms with Gasteiger partial charge in [0.15, 0.2) is 0 Å². The molecule has 4 aliphatic carbocycles. The van der Waals surface area contributed by atoms with Crippen LogP contribution in [0.5, 0.6) is 17.2 Å². The highest BCUT2D eigenvalue weighted by molar-refractivity contribution is 5.74. The molecule has 0 unspecified atom stereocenters. The zero-order valence-corrected chi connectivity index (χ0v) is 27.5. The summed E-state index contributed by atoms with van der Waals surface area (Å²) in [5.74, 6) is 1.43. The Kier molecular flexibility index (Phi) is 6.78. The van der Waals surface area contributed by atoms with Gasteiger partial charge in [-0.25, -0.2) is 0 Å². The maximum atomic E-state index is 11.1. The van der Waals surface area contributed by atoms with Crippen LogP contribution in [0.3, 0.4) is 0 Å². The molecule has 0 spiro atoms. The fraction of sp³-hybridized carbons (Fsp3) is 0.217. The molecule has 4 bridgehead atoms. The second-order valence-corrected chi connectivity index (χ2v) is 15.1. The highest BCUT2D eigenvalue weighted by atomic mass is 16.3. The zero-order valence-electron chi connectivity index (χ0n) is 27.5. The highest BCUT2D eigenvalue weighted by Gasteiger charge is 2.64. The highest BCUT2D eigenvalue weighted by Crippen LogP contribution is 2.71. The van der Waals surface area contributed by atoms with Crippen molar-refractivity contribution < 1.29 is 15.3 Å². The van der Waals surface area contributed by atoms with Crippen LogP contribution in [0.2, 0.25) is 0 Å². The zero-order chi connectivity index (χ0) is 33.2. The summed E-state index contributed by atoms with van der Waals surface area (Å²) in [5.41, 5.74) is 9.28. The predicted octanol–water partition coefficient (Wildman–Crippen LogP) is 10.9. The van der Waals surface area contributed by atoms with Crippen LogP contribution in [0.25, 0.3) is 33.4 Å². The fourth-order valence-electron chi connectivity index (χ4n) is 10.5. The van der Waals surface area contributed by atoms with E-state index in [1.165, 1.54) is 16.7 Å². The molecule has 0 heterocycles. The van der Waals surface area contributed by atoms with E-state index in [0.717, 1.165) is 71.9 Å². The third-order valence-electron chi connectivity index (χ3n) is 12.1. The van der Waals surface area contributed by atoms with Gasteiger partial charge in [-0.15, -0.1) is 0 Å². The van der Waals surface area contributed by atoms with Gasteiger partial charge in [-0.05, 0) is 130 Å². The maximum Gasteiger partial charge on any atom is 0.123 e. The van der Waals surface area contributed by atoms with Crippen molar-refractivity contribution in [1.29, 1.82) is 0 Å². The van der Waals surface area contributed by atoms with Gasteiger partial charge in [0.2, 0.25) is 0 Å².